The molecule has 3 amide bonds. The minimum absolute atomic E-state index is 0.0383. The van der Waals surface area contributed by atoms with Crippen molar-refractivity contribution >= 4 is 41.1 Å². The summed E-state index contributed by atoms with van der Waals surface area (Å²) in [7, 11) is 0. The van der Waals surface area contributed by atoms with Crippen LogP contribution in [0.3, 0.4) is 0 Å². The van der Waals surface area contributed by atoms with Crippen molar-refractivity contribution in [3.05, 3.63) is 68.7 Å². The van der Waals surface area contributed by atoms with E-state index in [4.69, 9.17) is 27.9 Å². The molecule has 3 saturated heterocycles. The molecule has 2 bridgehead atoms. The molecular weight excluding hydrogens is 575 g/mol. The van der Waals surface area contributed by atoms with E-state index in [-0.39, 0.29) is 36.0 Å². The highest BCUT2D eigenvalue weighted by atomic mass is 35.5. The Morgan fingerprint density at radius 1 is 0.881 bits per heavy atom. The van der Waals surface area contributed by atoms with Crippen LogP contribution in [0.5, 0.6) is 0 Å². The second-order valence-corrected chi connectivity index (χ2v) is 13.6. The molecule has 3 aliphatic rings. The number of piperazine rings is 2. The zero-order valence-electron chi connectivity index (χ0n) is 25.0. The first-order valence-corrected chi connectivity index (χ1v) is 15.4. The van der Waals surface area contributed by atoms with Gasteiger partial charge in [-0.2, -0.15) is 0 Å². The number of hydrogen-bond acceptors (Lipinski definition) is 5. The number of ether oxygens (including phenoxy) is 1. The number of likely N-dealkylation sites (tertiary alicyclic amines) is 2. The number of aryl methyl sites for hydroxylation is 2. The van der Waals surface area contributed by atoms with E-state index in [1.807, 2.05) is 73.6 Å². The monoisotopic (exact) mass is 614 g/mol. The number of hydrogen-bond donors (Lipinski definition) is 0. The van der Waals surface area contributed by atoms with E-state index in [0.717, 1.165) is 29.7 Å². The molecule has 0 saturated carbocycles. The van der Waals surface area contributed by atoms with Crippen LogP contribution in [0.25, 0.3) is 0 Å². The summed E-state index contributed by atoms with van der Waals surface area (Å²) >= 11 is 12.6. The first-order valence-electron chi connectivity index (χ1n) is 14.6. The Morgan fingerprint density at radius 2 is 1.60 bits per heavy atom. The average molecular weight is 616 g/mol. The van der Waals surface area contributed by atoms with Crippen molar-refractivity contribution in [3.63, 3.8) is 0 Å². The summed E-state index contributed by atoms with van der Waals surface area (Å²) in [6, 6.07) is 11.3. The smallest absolute Gasteiger partial charge is 0.410 e. The molecule has 3 fully saturated rings. The molecule has 0 aromatic heterocycles. The highest BCUT2D eigenvalue weighted by Crippen LogP contribution is 2.34. The minimum Gasteiger partial charge on any atom is -0.444 e. The van der Waals surface area contributed by atoms with Gasteiger partial charge in [-0.25, -0.2) is 4.79 Å². The van der Waals surface area contributed by atoms with Crippen LogP contribution in [0, 0.1) is 13.8 Å². The van der Waals surface area contributed by atoms with Crippen molar-refractivity contribution in [3.8, 4) is 0 Å². The molecular formula is C32H40Cl2N4O4. The third-order valence-corrected chi connectivity index (χ3v) is 9.12. The summed E-state index contributed by atoms with van der Waals surface area (Å²) in [5, 5.41) is 0.865. The summed E-state index contributed by atoms with van der Waals surface area (Å²) in [5.41, 5.74) is 3.06. The van der Waals surface area contributed by atoms with Crippen molar-refractivity contribution in [1.82, 2.24) is 19.6 Å². The highest BCUT2D eigenvalue weighted by Gasteiger charge is 2.46. The lowest BCUT2D eigenvalue weighted by Gasteiger charge is -2.42. The zero-order valence-corrected chi connectivity index (χ0v) is 26.5. The largest absolute Gasteiger partial charge is 0.444 e. The Morgan fingerprint density at radius 3 is 2.21 bits per heavy atom. The van der Waals surface area contributed by atoms with Crippen LogP contribution in [0.4, 0.5) is 4.79 Å². The van der Waals surface area contributed by atoms with E-state index >= 15 is 0 Å². The van der Waals surface area contributed by atoms with Gasteiger partial charge in [0.1, 0.15) is 5.60 Å². The maximum Gasteiger partial charge on any atom is 0.410 e. The van der Waals surface area contributed by atoms with Crippen LogP contribution in [0.1, 0.15) is 66.7 Å². The van der Waals surface area contributed by atoms with Gasteiger partial charge in [-0.1, -0.05) is 46.5 Å². The molecule has 8 nitrogen and oxygen atoms in total. The lowest BCUT2D eigenvalue weighted by molar-refractivity contribution is -0.136. The number of benzene rings is 2. The molecule has 0 radical (unpaired) electrons. The summed E-state index contributed by atoms with van der Waals surface area (Å²) < 4.78 is 5.58. The molecule has 0 spiro atoms. The fourth-order valence-corrected chi connectivity index (χ4v) is 6.81. The van der Waals surface area contributed by atoms with Crippen molar-refractivity contribution in [2.24, 2.45) is 0 Å². The maximum atomic E-state index is 13.7. The fraction of sp³-hybridized carbons (Fsp3) is 0.531. The maximum absolute atomic E-state index is 13.7. The minimum atomic E-state index is -0.524. The third-order valence-electron chi connectivity index (χ3n) is 8.38. The summed E-state index contributed by atoms with van der Waals surface area (Å²) in [6.45, 7) is 12.8. The summed E-state index contributed by atoms with van der Waals surface area (Å²) in [4.78, 5) is 47.7. The van der Waals surface area contributed by atoms with Crippen LogP contribution in [0.15, 0.2) is 36.4 Å². The van der Waals surface area contributed by atoms with E-state index in [1.54, 1.807) is 12.1 Å². The van der Waals surface area contributed by atoms with Gasteiger partial charge in [-0.15, -0.1) is 0 Å². The first-order chi connectivity index (χ1) is 19.8. The fourth-order valence-electron chi connectivity index (χ4n) is 6.50. The van der Waals surface area contributed by atoms with Gasteiger partial charge in [-0.05, 0) is 70.9 Å². The highest BCUT2D eigenvalue weighted by molar-refractivity contribution is 6.42. The van der Waals surface area contributed by atoms with Crippen molar-refractivity contribution in [2.75, 3.05) is 39.3 Å². The van der Waals surface area contributed by atoms with Crippen molar-refractivity contribution < 1.29 is 19.1 Å². The van der Waals surface area contributed by atoms with Gasteiger partial charge in [-0.3, -0.25) is 14.5 Å². The molecule has 3 aliphatic heterocycles. The van der Waals surface area contributed by atoms with Crippen LogP contribution < -0.4 is 0 Å². The number of carbonyl (C=O) groups excluding carboxylic acids is 3. The Kier molecular flexibility index (Phi) is 8.80. The topological polar surface area (TPSA) is 73.4 Å². The number of halogens is 2. The normalized spacial score (nSPS) is 22.5. The Bertz CT molecular complexity index is 1360. The Labute approximate surface area is 258 Å². The van der Waals surface area contributed by atoms with Gasteiger partial charge in [0.15, 0.2) is 0 Å². The molecule has 3 atom stereocenters. The van der Waals surface area contributed by atoms with E-state index in [2.05, 4.69) is 4.90 Å². The number of amides is 3. The summed E-state index contributed by atoms with van der Waals surface area (Å²) in [6.07, 6.45) is 1.00. The summed E-state index contributed by atoms with van der Waals surface area (Å²) in [5.74, 6) is -0.00191. The number of fused-ring (bicyclic) bond motifs is 2. The van der Waals surface area contributed by atoms with Crippen molar-refractivity contribution in [1.29, 1.82) is 0 Å². The lowest BCUT2D eigenvalue weighted by atomic mass is 10.00. The molecule has 3 heterocycles. The van der Waals surface area contributed by atoms with Gasteiger partial charge >= 0.3 is 6.09 Å². The predicted molar refractivity (Wildman–Crippen MR) is 164 cm³/mol. The van der Waals surface area contributed by atoms with Crippen LogP contribution in [-0.4, -0.2) is 94.5 Å². The molecule has 0 unspecified atom stereocenters. The van der Waals surface area contributed by atoms with Crippen LogP contribution in [-0.2, 0) is 9.53 Å². The van der Waals surface area contributed by atoms with E-state index in [9.17, 15) is 14.4 Å². The van der Waals surface area contributed by atoms with E-state index < -0.39 is 5.60 Å². The van der Waals surface area contributed by atoms with Gasteiger partial charge in [0.2, 0.25) is 5.91 Å². The number of carbonyl (C=O) groups is 3. The molecule has 226 valence electrons. The van der Waals surface area contributed by atoms with Gasteiger partial charge < -0.3 is 19.4 Å². The third kappa shape index (κ3) is 6.71. The Balaban J connectivity index is 1.26. The van der Waals surface area contributed by atoms with Crippen LogP contribution >= 0.6 is 23.2 Å². The number of rotatable bonds is 5. The van der Waals surface area contributed by atoms with E-state index in [1.165, 1.54) is 0 Å². The van der Waals surface area contributed by atoms with Gasteiger partial charge in [0, 0.05) is 63.3 Å². The quantitative estimate of drug-likeness (QED) is 0.431. The molecule has 2 aromatic carbocycles. The SMILES string of the molecule is Cc1cc(C)cc(C(=O)N2CCN(C(=O)CCN3C[C@H]4C[C@H]3CN4C(=O)OC(C)(C)C)[C@H](c3ccc(Cl)c(Cl)c3)C2)c1. The predicted octanol–water partition coefficient (Wildman–Crippen LogP) is 5.72. The molecule has 10 heteroatoms. The zero-order chi connectivity index (χ0) is 30.3. The molecule has 0 aliphatic carbocycles. The van der Waals surface area contributed by atoms with Gasteiger partial charge in [0.05, 0.1) is 16.1 Å². The van der Waals surface area contributed by atoms with Gasteiger partial charge in [0.25, 0.3) is 5.91 Å². The lowest BCUT2D eigenvalue weighted by Crippen LogP contribution is -2.53. The molecule has 0 N–H and O–H groups in total. The first kappa shape index (κ1) is 30.6. The average Bonchev–Trinajstić information content (AvgIpc) is 3.52. The van der Waals surface area contributed by atoms with Crippen molar-refractivity contribution in [2.45, 2.75) is 71.2 Å². The van der Waals surface area contributed by atoms with Crippen LogP contribution in [0.2, 0.25) is 10.0 Å². The molecule has 42 heavy (non-hydrogen) atoms. The number of nitrogens with zero attached hydrogens (tertiary/aromatic N) is 4. The second-order valence-electron chi connectivity index (χ2n) is 12.8. The van der Waals surface area contributed by atoms with E-state index in [0.29, 0.717) is 54.8 Å². The molecule has 2 aromatic rings. The Hall–Kier alpha value is -2.81. The second kappa shape index (κ2) is 12.1. The standard InChI is InChI=1S/C32H40Cl2N4O4/c1-20-12-21(2)14-23(13-20)30(40)36-10-11-37(28(19-36)22-6-7-26(33)27(34)15-22)29(39)8-9-35-17-25-16-24(35)18-38(25)31(41)42-32(3,4)5/h6-7,12-15,24-25,28H,8-11,16-19H2,1-5H3/t24-,25+,28-/m0/s1. The molecule has 5 rings (SSSR count).